The number of anilines is 5. The molecule has 464 valence electrons. The fraction of sp³-hybridized carbons (Fsp3) is 0.187. The fourth-order valence-corrected chi connectivity index (χ4v) is 12.7. The molecule has 19 heteroatoms. The van der Waals surface area contributed by atoms with Crippen LogP contribution in [0.5, 0.6) is 0 Å². The largest absolute Gasteiger partial charge is 0.428 e. The van der Waals surface area contributed by atoms with E-state index in [4.69, 9.17) is 2.74 Å². The maximum atomic E-state index is 8.39. The van der Waals surface area contributed by atoms with E-state index in [1.165, 1.54) is 61.6 Å². The van der Waals surface area contributed by atoms with Gasteiger partial charge in [-0.15, -0.1) is 0 Å². The van der Waals surface area contributed by atoms with E-state index in [2.05, 4.69) is 312 Å². The number of benzene rings is 1. The molecule has 0 radical (unpaired) electrons. The SMILES string of the molecule is CB1c2cccnc2C=CN1c1cccc[n+]1C.CB1c2ccncc2C=CN1c1cccc[n+]1C.CB1c2cnccc2C=CN1c1cccc[n+]1C.CB1c2ncccc2C=CN1c1cccc[n+]1C.[2H]C([2H])(c1cc[n+](C)c(N2C=Cc3ccccc3B2C)c1)C(C)C. The Morgan fingerprint density at radius 3 is 1.37 bits per heavy atom. The molecule has 0 N–H and O–H groups in total. The molecule has 0 aliphatic carbocycles. The van der Waals surface area contributed by atoms with Gasteiger partial charge in [-0.25, -0.2) is 22.8 Å². The minimum atomic E-state index is -1.34. The van der Waals surface area contributed by atoms with Gasteiger partial charge in [-0.05, 0) is 175 Å². The second-order valence-corrected chi connectivity index (χ2v) is 24.5. The van der Waals surface area contributed by atoms with Gasteiger partial charge in [0.05, 0.1) is 109 Å². The molecule has 14 heterocycles. The van der Waals surface area contributed by atoms with Gasteiger partial charge in [0.2, 0.25) is 0 Å². The number of fused-ring (bicyclic) bond motifs is 5. The van der Waals surface area contributed by atoms with Crippen molar-refractivity contribution >= 4 is 121 Å². The number of nitrogens with zero attached hydrogens (tertiary/aromatic N) is 14. The first-order valence-corrected chi connectivity index (χ1v) is 32.4. The molecule has 5 aliphatic heterocycles. The Morgan fingerprint density at radius 1 is 0.372 bits per heavy atom. The van der Waals surface area contributed by atoms with Gasteiger partial charge in [0.25, 0.3) is 29.1 Å². The van der Waals surface area contributed by atoms with Gasteiger partial charge in [-0.3, -0.25) is 44.0 Å². The summed E-state index contributed by atoms with van der Waals surface area (Å²) in [6.07, 6.45) is 41.3. The highest BCUT2D eigenvalue weighted by Gasteiger charge is 2.38. The third kappa shape index (κ3) is 14.6. The normalized spacial score (nSPS) is 14.1. The first-order valence-electron chi connectivity index (χ1n) is 33.4. The molecule has 0 fully saturated rings. The first-order chi connectivity index (χ1) is 46.4. The average molecular weight is 1240 g/mol. The maximum absolute atomic E-state index is 8.39. The summed E-state index contributed by atoms with van der Waals surface area (Å²) in [5.74, 6) is 5.62. The lowest BCUT2D eigenvalue weighted by atomic mass is 9.54. The van der Waals surface area contributed by atoms with Crippen LogP contribution < -0.4 is 74.3 Å². The van der Waals surface area contributed by atoms with Gasteiger partial charge >= 0.3 is 34.2 Å². The monoisotopic (exact) mass is 1240 g/mol. The topological polar surface area (TPSA) is 87.2 Å². The summed E-state index contributed by atoms with van der Waals surface area (Å²) >= 11 is 0. The van der Waals surface area contributed by atoms with Gasteiger partial charge in [0.1, 0.15) is 0 Å². The van der Waals surface area contributed by atoms with E-state index in [1.807, 2.05) is 113 Å². The Hall–Kier alpha value is -10.4. The lowest BCUT2D eigenvalue weighted by molar-refractivity contribution is -0.658. The molecule has 10 aromatic rings. The van der Waals surface area contributed by atoms with Crippen molar-refractivity contribution < 1.29 is 25.6 Å². The van der Waals surface area contributed by atoms with Crippen molar-refractivity contribution in [1.82, 2.24) is 19.9 Å². The Morgan fingerprint density at radius 2 is 0.787 bits per heavy atom. The van der Waals surface area contributed by atoms with Gasteiger partial charge in [0, 0.05) is 76.3 Å². The maximum Gasteiger partial charge on any atom is 0.428 e. The van der Waals surface area contributed by atoms with Crippen molar-refractivity contribution in [3.63, 3.8) is 0 Å². The molecular weight excluding hydrogens is 1150 g/mol. The van der Waals surface area contributed by atoms with Gasteiger partial charge < -0.3 is 0 Å². The van der Waals surface area contributed by atoms with Crippen molar-refractivity contribution in [1.29, 1.82) is 0 Å². The first kappa shape index (κ1) is 62.4. The molecular formula is C75H84B5N14+5. The predicted octanol–water partition coefficient (Wildman–Crippen LogP) is 7.93. The van der Waals surface area contributed by atoms with Crippen molar-refractivity contribution in [3.05, 3.63) is 278 Å². The van der Waals surface area contributed by atoms with E-state index in [0.717, 1.165) is 28.5 Å². The van der Waals surface area contributed by atoms with Crippen LogP contribution in [0.4, 0.5) is 29.1 Å². The third-order valence-electron chi connectivity index (χ3n) is 17.9. The number of pyridine rings is 9. The summed E-state index contributed by atoms with van der Waals surface area (Å²) in [4.78, 5) is 28.6. The second-order valence-electron chi connectivity index (χ2n) is 24.5. The Labute approximate surface area is 561 Å². The second kappa shape index (κ2) is 29.9. The lowest BCUT2D eigenvalue weighted by Crippen LogP contribution is -2.51. The van der Waals surface area contributed by atoms with Crippen LogP contribution in [0.1, 0.15) is 50.1 Å². The fourth-order valence-electron chi connectivity index (χ4n) is 12.7. The smallest absolute Gasteiger partial charge is 0.293 e. The molecule has 0 amide bonds. The predicted molar refractivity (Wildman–Crippen MR) is 394 cm³/mol. The van der Waals surface area contributed by atoms with Crippen molar-refractivity contribution in [3.8, 4) is 0 Å². The van der Waals surface area contributed by atoms with E-state index in [1.54, 1.807) is 0 Å². The zero-order valence-electron chi connectivity index (χ0n) is 58.2. The summed E-state index contributed by atoms with van der Waals surface area (Å²) in [6.45, 7) is 16.2. The van der Waals surface area contributed by atoms with Crippen LogP contribution in [0.15, 0.2) is 245 Å². The molecule has 15 rings (SSSR count). The Balaban J connectivity index is 0.000000122. The minimum Gasteiger partial charge on any atom is -0.293 e. The molecule has 1 aromatic carbocycles. The van der Waals surface area contributed by atoms with Crippen LogP contribution in [0.2, 0.25) is 34.1 Å². The molecule has 0 saturated heterocycles. The summed E-state index contributed by atoms with van der Waals surface area (Å²) in [5, 5.41) is 0. The number of hydrogen-bond donors (Lipinski definition) is 0. The van der Waals surface area contributed by atoms with Crippen LogP contribution >= 0.6 is 0 Å². The number of aryl methyl sites for hydroxylation is 5. The van der Waals surface area contributed by atoms with Crippen molar-refractivity contribution in [2.75, 3.05) is 24.1 Å². The summed E-state index contributed by atoms with van der Waals surface area (Å²) in [5.41, 5.74) is 13.0. The highest BCUT2D eigenvalue weighted by Crippen LogP contribution is 2.23. The summed E-state index contributed by atoms with van der Waals surface area (Å²) in [7, 11) is 10.3. The standard InChI is InChI=1S/C19H24BN2.4C14H15BN3/c1-15(2)13-16-9-11-21(4)19(14-16)22-12-10-17-7-5-6-8-18(17)20(22)3;1-15-12-6-5-9-16-13(12)8-11-18(15)14-7-3-4-10-17(14)2;1-15-14-12(6-5-9-16-14)8-11-18(15)13-7-3-4-10-17(13)2;1-15-13-6-8-16-11-12(13)7-10-18(15)14-5-3-4-9-17(14)2;1-15-13-11-16-8-6-12(13)7-10-18(15)14-5-3-4-9-17(14)2/h5-12,14-15H,13H2,1-4H3;4*3-11H,1-2H3/q5*+1/i13D2;;;;. The van der Waals surface area contributed by atoms with Crippen molar-refractivity contribution in [2.24, 2.45) is 41.2 Å². The molecule has 0 bridgehead atoms. The highest BCUT2D eigenvalue weighted by molar-refractivity contribution is 6.79. The minimum absolute atomic E-state index is 0.0758. The molecule has 0 saturated carbocycles. The highest BCUT2D eigenvalue weighted by atomic mass is 15.2. The van der Waals surface area contributed by atoms with Crippen LogP contribution in [0, 0.1) is 5.92 Å². The zero-order valence-corrected chi connectivity index (χ0v) is 56.2. The van der Waals surface area contributed by atoms with E-state index in [9.17, 15) is 0 Å². The molecule has 0 atom stereocenters. The van der Waals surface area contributed by atoms with Gasteiger partial charge in [0.15, 0.2) is 0 Å². The van der Waals surface area contributed by atoms with E-state index in [0.29, 0.717) is 20.5 Å². The van der Waals surface area contributed by atoms with E-state index in [-0.39, 0.29) is 19.6 Å². The van der Waals surface area contributed by atoms with E-state index < -0.39 is 6.37 Å². The Kier molecular flexibility index (Phi) is 19.9. The summed E-state index contributed by atoms with van der Waals surface area (Å²) < 4.78 is 27.3. The molecule has 9 aromatic heterocycles. The third-order valence-corrected chi connectivity index (χ3v) is 17.9. The quantitative estimate of drug-likeness (QED) is 0.117. The molecule has 14 nitrogen and oxygen atoms in total. The van der Waals surface area contributed by atoms with Crippen LogP contribution in [-0.2, 0) is 41.6 Å². The van der Waals surface area contributed by atoms with Gasteiger partial charge in [-0.2, -0.15) is 0 Å². The van der Waals surface area contributed by atoms with Crippen LogP contribution in [-0.4, -0.2) is 54.2 Å². The van der Waals surface area contributed by atoms with Crippen LogP contribution in [0.25, 0.3) is 30.4 Å². The molecule has 0 spiro atoms. The number of rotatable bonds is 7. The zero-order chi connectivity index (χ0) is 67.6. The van der Waals surface area contributed by atoms with E-state index >= 15 is 0 Å². The number of hydrogen-bond acceptors (Lipinski definition) is 9. The summed E-state index contributed by atoms with van der Waals surface area (Å²) in [6, 6.07) is 49.6. The molecule has 0 unspecified atom stereocenters. The molecule has 5 aliphatic rings. The van der Waals surface area contributed by atoms with Gasteiger partial charge in [-0.1, -0.05) is 74.5 Å². The van der Waals surface area contributed by atoms with Crippen molar-refractivity contribution in [2.45, 2.75) is 54.3 Å². The Bertz CT molecular complexity index is 4110. The molecule has 94 heavy (non-hydrogen) atoms. The lowest BCUT2D eigenvalue weighted by Gasteiger charge is -2.24. The van der Waals surface area contributed by atoms with Crippen LogP contribution in [0.3, 0.4) is 0 Å². The average Bonchev–Trinajstić information content (AvgIpc) is 3.07. The number of aromatic nitrogens is 9.